The van der Waals surface area contributed by atoms with Gasteiger partial charge in [-0.05, 0) is 40.8 Å². The summed E-state index contributed by atoms with van der Waals surface area (Å²) in [7, 11) is 0. The second-order valence-electron chi connectivity index (χ2n) is 7.30. The van der Waals surface area contributed by atoms with Gasteiger partial charge in [0.05, 0.1) is 6.04 Å². The molecule has 150 valence electrons. The van der Waals surface area contributed by atoms with Crippen LogP contribution in [0.3, 0.4) is 0 Å². The van der Waals surface area contributed by atoms with Gasteiger partial charge in [0.2, 0.25) is 0 Å². The Morgan fingerprint density at radius 1 is 1.29 bits per heavy atom. The molecule has 3 rings (SSSR count). The van der Waals surface area contributed by atoms with Gasteiger partial charge in [-0.25, -0.2) is 4.39 Å². The Balaban J connectivity index is 1.68. The summed E-state index contributed by atoms with van der Waals surface area (Å²) in [4.78, 5) is 11.7. The third kappa shape index (κ3) is 5.09. The van der Waals surface area contributed by atoms with E-state index in [4.69, 9.17) is 27.9 Å². The maximum atomic E-state index is 12.8. The highest BCUT2D eigenvalue weighted by Gasteiger charge is 2.38. The SMILES string of the molecule is CC(C)c1cc(Cc2c(Cl)cc(OCC(=O)N[C@@H]3C[C@@H]3F)cc2Cl)ccc1O. The first-order valence-electron chi connectivity index (χ1n) is 9.10. The Kier molecular flexibility index (Phi) is 6.36. The fourth-order valence-corrected chi connectivity index (χ4v) is 3.52. The van der Waals surface area contributed by atoms with Crippen LogP contribution in [-0.4, -0.2) is 29.8 Å². The van der Waals surface area contributed by atoms with E-state index in [1.165, 1.54) is 0 Å². The number of aromatic hydroxyl groups is 1. The highest BCUT2D eigenvalue weighted by Crippen LogP contribution is 2.34. The van der Waals surface area contributed by atoms with Crippen molar-refractivity contribution in [2.45, 2.75) is 44.8 Å². The number of hydrogen-bond donors (Lipinski definition) is 2. The molecule has 28 heavy (non-hydrogen) atoms. The molecule has 1 fully saturated rings. The summed E-state index contributed by atoms with van der Waals surface area (Å²) < 4.78 is 18.2. The quantitative estimate of drug-likeness (QED) is 0.654. The van der Waals surface area contributed by atoms with Crippen molar-refractivity contribution >= 4 is 29.1 Å². The van der Waals surface area contributed by atoms with Crippen LogP contribution in [0.15, 0.2) is 30.3 Å². The molecule has 0 radical (unpaired) electrons. The lowest BCUT2D eigenvalue weighted by Gasteiger charge is -2.14. The van der Waals surface area contributed by atoms with Crippen LogP contribution in [0.5, 0.6) is 11.5 Å². The highest BCUT2D eigenvalue weighted by atomic mass is 35.5. The lowest BCUT2D eigenvalue weighted by Crippen LogP contribution is -2.31. The predicted octanol–water partition coefficient (Wildman–Crippen LogP) is 5.02. The second kappa shape index (κ2) is 8.58. The smallest absolute Gasteiger partial charge is 0.258 e. The van der Waals surface area contributed by atoms with Gasteiger partial charge in [-0.3, -0.25) is 4.79 Å². The number of carbonyl (C=O) groups is 1. The van der Waals surface area contributed by atoms with Crippen LogP contribution >= 0.6 is 23.2 Å². The lowest BCUT2D eigenvalue weighted by molar-refractivity contribution is -0.123. The third-order valence-electron chi connectivity index (χ3n) is 4.64. The van der Waals surface area contributed by atoms with Crippen LogP contribution in [0.2, 0.25) is 10.0 Å². The molecule has 7 heteroatoms. The molecule has 2 aromatic rings. The number of nitrogens with one attached hydrogen (secondary N) is 1. The maximum absolute atomic E-state index is 12.8. The van der Waals surface area contributed by atoms with Gasteiger partial charge in [0, 0.05) is 22.9 Å². The zero-order valence-corrected chi connectivity index (χ0v) is 17.1. The van der Waals surface area contributed by atoms with Crippen molar-refractivity contribution in [2.24, 2.45) is 0 Å². The topological polar surface area (TPSA) is 58.6 Å². The number of carbonyl (C=O) groups excluding carboxylic acids is 1. The Morgan fingerprint density at radius 2 is 1.93 bits per heavy atom. The summed E-state index contributed by atoms with van der Waals surface area (Å²) in [6, 6.07) is 8.26. The van der Waals surface area contributed by atoms with Gasteiger partial charge in [0.15, 0.2) is 6.61 Å². The first-order valence-corrected chi connectivity index (χ1v) is 9.86. The molecule has 4 nitrogen and oxygen atoms in total. The van der Waals surface area contributed by atoms with Gasteiger partial charge in [0.25, 0.3) is 5.91 Å². The molecule has 1 aliphatic rings. The first-order chi connectivity index (χ1) is 13.2. The van der Waals surface area contributed by atoms with E-state index < -0.39 is 12.2 Å². The number of alkyl halides is 1. The van der Waals surface area contributed by atoms with Crippen molar-refractivity contribution in [1.29, 1.82) is 0 Å². The fourth-order valence-electron chi connectivity index (χ4n) is 2.92. The summed E-state index contributed by atoms with van der Waals surface area (Å²) in [5, 5.41) is 13.4. The average molecular weight is 426 g/mol. The molecule has 0 saturated heterocycles. The minimum absolute atomic E-state index is 0.191. The van der Waals surface area contributed by atoms with Gasteiger partial charge in [-0.15, -0.1) is 0 Å². The summed E-state index contributed by atoms with van der Waals surface area (Å²) in [6.07, 6.45) is -0.102. The van der Waals surface area contributed by atoms with Gasteiger partial charge < -0.3 is 15.2 Å². The predicted molar refractivity (Wildman–Crippen MR) is 108 cm³/mol. The second-order valence-corrected chi connectivity index (χ2v) is 8.12. The molecule has 0 aliphatic heterocycles. The highest BCUT2D eigenvalue weighted by molar-refractivity contribution is 6.36. The van der Waals surface area contributed by atoms with E-state index in [9.17, 15) is 14.3 Å². The number of benzene rings is 2. The number of hydrogen-bond acceptors (Lipinski definition) is 3. The summed E-state index contributed by atoms with van der Waals surface area (Å²) in [6.45, 7) is 3.79. The van der Waals surface area contributed by atoms with E-state index in [0.29, 0.717) is 28.6 Å². The van der Waals surface area contributed by atoms with E-state index in [-0.39, 0.29) is 24.2 Å². The van der Waals surface area contributed by atoms with Crippen LogP contribution < -0.4 is 10.1 Å². The summed E-state index contributed by atoms with van der Waals surface area (Å²) in [5.74, 6) is 0.446. The number of amides is 1. The Hall–Kier alpha value is -1.98. The third-order valence-corrected chi connectivity index (χ3v) is 5.31. The number of ether oxygens (including phenoxy) is 1. The molecule has 1 saturated carbocycles. The van der Waals surface area contributed by atoms with Crippen molar-refractivity contribution in [3.8, 4) is 11.5 Å². The molecule has 2 aromatic carbocycles. The van der Waals surface area contributed by atoms with E-state index in [0.717, 1.165) is 16.7 Å². The molecular weight excluding hydrogens is 404 g/mol. The molecule has 2 atom stereocenters. The molecule has 0 spiro atoms. The van der Waals surface area contributed by atoms with Gasteiger partial charge in [0.1, 0.15) is 17.7 Å². The number of rotatable bonds is 7. The molecule has 0 aromatic heterocycles. The van der Waals surface area contributed by atoms with Crippen molar-refractivity contribution in [1.82, 2.24) is 5.32 Å². The van der Waals surface area contributed by atoms with E-state index in [2.05, 4.69) is 5.32 Å². The van der Waals surface area contributed by atoms with Crippen molar-refractivity contribution < 1.29 is 19.0 Å². The number of halogens is 3. The lowest BCUT2D eigenvalue weighted by atomic mass is 9.96. The zero-order chi connectivity index (χ0) is 20.4. The molecule has 0 bridgehead atoms. The first kappa shape index (κ1) is 20.7. The van der Waals surface area contributed by atoms with Crippen LogP contribution in [0.25, 0.3) is 0 Å². The van der Waals surface area contributed by atoms with Crippen LogP contribution in [0.1, 0.15) is 42.9 Å². The van der Waals surface area contributed by atoms with Crippen LogP contribution in [0.4, 0.5) is 4.39 Å². The number of phenolic OH excluding ortho intramolecular Hbond substituents is 1. The van der Waals surface area contributed by atoms with Crippen molar-refractivity contribution in [2.75, 3.05) is 6.61 Å². The molecular formula is C21H22Cl2FNO3. The molecule has 2 N–H and O–H groups in total. The van der Waals surface area contributed by atoms with Gasteiger partial charge >= 0.3 is 0 Å². The normalized spacial score (nSPS) is 18.2. The largest absolute Gasteiger partial charge is 0.508 e. The van der Waals surface area contributed by atoms with Crippen LogP contribution in [0, 0.1) is 0 Å². The maximum Gasteiger partial charge on any atom is 0.258 e. The minimum Gasteiger partial charge on any atom is -0.508 e. The molecule has 0 heterocycles. The minimum atomic E-state index is -0.955. The molecule has 0 unspecified atom stereocenters. The summed E-state index contributed by atoms with van der Waals surface area (Å²) in [5.41, 5.74) is 2.57. The Bertz CT molecular complexity index is 865. The van der Waals surface area contributed by atoms with E-state index in [1.807, 2.05) is 26.0 Å². The molecule has 1 aliphatic carbocycles. The fraction of sp³-hybridized carbons (Fsp3) is 0.381. The van der Waals surface area contributed by atoms with Gasteiger partial charge in [-0.1, -0.05) is 49.2 Å². The molecule has 1 amide bonds. The van der Waals surface area contributed by atoms with Crippen molar-refractivity contribution in [3.05, 3.63) is 57.1 Å². The van der Waals surface area contributed by atoms with E-state index >= 15 is 0 Å². The summed E-state index contributed by atoms with van der Waals surface area (Å²) >= 11 is 12.8. The van der Waals surface area contributed by atoms with E-state index in [1.54, 1.807) is 18.2 Å². The zero-order valence-electron chi connectivity index (χ0n) is 15.6. The standard InChI is InChI=1S/C21H22Cl2FNO3/c1-11(2)14-5-12(3-4-20(14)26)6-15-16(22)7-13(8-17(15)23)28-10-21(27)25-19-9-18(19)24/h3-5,7-8,11,18-19,26H,6,9-10H2,1-2H3,(H,25,27)/t18-,19+/m0/s1. The number of phenols is 1. The van der Waals surface area contributed by atoms with Gasteiger partial charge in [-0.2, -0.15) is 0 Å². The Morgan fingerprint density at radius 3 is 2.50 bits per heavy atom. The monoisotopic (exact) mass is 425 g/mol. The average Bonchev–Trinajstić information content (AvgIpc) is 3.32. The van der Waals surface area contributed by atoms with Crippen molar-refractivity contribution in [3.63, 3.8) is 0 Å². The Labute approximate surface area is 173 Å². The van der Waals surface area contributed by atoms with Crippen LogP contribution in [-0.2, 0) is 11.2 Å².